The molecule has 0 aliphatic carbocycles. The molecule has 0 bridgehead atoms. The summed E-state index contributed by atoms with van der Waals surface area (Å²) < 4.78 is 23.5. The number of anilines is 1. The van der Waals surface area contributed by atoms with Gasteiger partial charge >= 0.3 is 0 Å². The molecule has 0 aliphatic heterocycles. The number of nitrogens with one attached hydrogen (secondary N) is 1. The van der Waals surface area contributed by atoms with Gasteiger partial charge in [-0.1, -0.05) is 12.1 Å². The number of hydrogen-bond donors (Lipinski definition) is 1. The first-order chi connectivity index (χ1) is 9.90. The SMILES string of the molecule is CS(=O)(=O)c1ccc(CNc2ccc(C#N)c(Br)c2)cc1. The van der Waals surface area contributed by atoms with E-state index in [-0.39, 0.29) is 0 Å². The zero-order valence-corrected chi connectivity index (χ0v) is 13.7. The van der Waals surface area contributed by atoms with Gasteiger partial charge in [-0.2, -0.15) is 5.26 Å². The van der Waals surface area contributed by atoms with Crippen LogP contribution in [-0.2, 0) is 16.4 Å². The standard InChI is InChI=1S/C15H13BrN2O2S/c1-21(19,20)14-6-2-11(3-7-14)10-18-13-5-4-12(9-17)15(16)8-13/h2-8,18H,10H2,1H3. The Morgan fingerprint density at radius 2 is 1.86 bits per heavy atom. The van der Waals surface area contributed by atoms with Crippen molar-refractivity contribution < 1.29 is 8.42 Å². The molecule has 0 unspecified atom stereocenters. The molecule has 0 saturated carbocycles. The Balaban J connectivity index is 2.07. The van der Waals surface area contributed by atoms with Crippen molar-refractivity contribution in [3.63, 3.8) is 0 Å². The fourth-order valence-corrected chi connectivity index (χ4v) is 2.87. The molecule has 0 saturated heterocycles. The smallest absolute Gasteiger partial charge is 0.175 e. The Morgan fingerprint density at radius 3 is 2.38 bits per heavy atom. The van der Waals surface area contributed by atoms with Crippen molar-refractivity contribution in [2.24, 2.45) is 0 Å². The highest BCUT2D eigenvalue weighted by atomic mass is 79.9. The number of halogens is 1. The summed E-state index contributed by atoms with van der Waals surface area (Å²) in [4.78, 5) is 0.312. The Morgan fingerprint density at radius 1 is 1.19 bits per heavy atom. The lowest BCUT2D eigenvalue weighted by atomic mass is 10.2. The van der Waals surface area contributed by atoms with E-state index in [1.165, 1.54) is 6.26 Å². The molecule has 108 valence electrons. The highest BCUT2D eigenvalue weighted by molar-refractivity contribution is 9.10. The summed E-state index contributed by atoms with van der Waals surface area (Å²) >= 11 is 3.34. The third kappa shape index (κ3) is 4.06. The van der Waals surface area contributed by atoms with Gasteiger partial charge < -0.3 is 5.32 Å². The van der Waals surface area contributed by atoms with Crippen molar-refractivity contribution in [2.45, 2.75) is 11.4 Å². The van der Waals surface area contributed by atoms with Crippen LogP contribution in [0.4, 0.5) is 5.69 Å². The van der Waals surface area contributed by atoms with Gasteiger partial charge in [-0.15, -0.1) is 0 Å². The molecule has 0 aliphatic rings. The average molecular weight is 365 g/mol. The van der Waals surface area contributed by atoms with Crippen LogP contribution in [0, 0.1) is 11.3 Å². The molecule has 0 atom stereocenters. The van der Waals surface area contributed by atoms with Gasteiger partial charge in [-0.25, -0.2) is 8.42 Å². The number of nitriles is 1. The molecular formula is C15H13BrN2O2S. The van der Waals surface area contributed by atoms with E-state index in [0.29, 0.717) is 17.0 Å². The number of nitrogens with zero attached hydrogens (tertiary/aromatic N) is 1. The van der Waals surface area contributed by atoms with Crippen molar-refractivity contribution in [3.05, 3.63) is 58.1 Å². The minimum Gasteiger partial charge on any atom is -0.381 e. The molecule has 0 spiro atoms. The fourth-order valence-electron chi connectivity index (χ4n) is 1.77. The van der Waals surface area contributed by atoms with Crippen molar-refractivity contribution in [3.8, 4) is 6.07 Å². The molecule has 6 heteroatoms. The molecular weight excluding hydrogens is 352 g/mol. The van der Waals surface area contributed by atoms with Gasteiger partial charge in [-0.05, 0) is 51.8 Å². The van der Waals surface area contributed by atoms with E-state index in [1.807, 2.05) is 12.1 Å². The van der Waals surface area contributed by atoms with Gasteiger partial charge in [0, 0.05) is 23.0 Å². The van der Waals surface area contributed by atoms with Crippen molar-refractivity contribution in [1.29, 1.82) is 5.26 Å². The second-order valence-corrected chi connectivity index (χ2v) is 7.45. The van der Waals surface area contributed by atoms with Crippen LogP contribution in [0.25, 0.3) is 0 Å². The van der Waals surface area contributed by atoms with Gasteiger partial charge in [0.15, 0.2) is 9.84 Å². The van der Waals surface area contributed by atoms with Gasteiger partial charge in [0.05, 0.1) is 10.5 Å². The first kappa shape index (κ1) is 15.5. The first-order valence-corrected chi connectivity index (χ1v) is 8.81. The molecule has 2 aromatic rings. The third-order valence-electron chi connectivity index (χ3n) is 2.94. The Labute approximate surface area is 132 Å². The second kappa shape index (κ2) is 6.29. The van der Waals surface area contributed by atoms with Crippen LogP contribution in [0.2, 0.25) is 0 Å². The molecule has 0 aromatic heterocycles. The summed E-state index contributed by atoms with van der Waals surface area (Å²) in [5, 5.41) is 12.1. The third-order valence-corrected chi connectivity index (χ3v) is 4.72. The predicted molar refractivity (Wildman–Crippen MR) is 85.7 cm³/mol. The molecule has 4 nitrogen and oxygen atoms in total. The number of hydrogen-bond acceptors (Lipinski definition) is 4. The summed E-state index contributed by atoms with van der Waals surface area (Å²) in [5.41, 5.74) is 2.44. The number of rotatable bonds is 4. The Bertz CT molecular complexity index is 793. The van der Waals surface area contributed by atoms with Gasteiger partial charge in [0.25, 0.3) is 0 Å². The van der Waals surface area contributed by atoms with Crippen LogP contribution >= 0.6 is 15.9 Å². The average Bonchev–Trinajstić information content (AvgIpc) is 2.45. The number of sulfone groups is 1. The summed E-state index contributed by atoms with van der Waals surface area (Å²) in [7, 11) is -3.16. The van der Waals surface area contributed by atoms with E-state index in [1.54, 1.807) is 30.3 Å². The van der Waals surface area contributed by atoms with E-state index in [0.717, 1.165) is 15.7 Å². The van der Waals surface area contributed by atoms with Gasteiger partial charge in [-0.3, -0.25) is 0 Å². The molecule has 0 fully saturated rings. The van der Waals surface area contributed by atoms with Crippen LogP contribution in [-0.4, -0.2) is 14.7 Å². The molecule has 2 aromatic carbocycles. The van der Waals surface area contributed by atoms with E-state index in [9.17, 15) is 8.42 Å². The van der Waals surface area contributed by atoms with Crippen LogP contribution in [0.5, 0.6) is 0 Å². The summed E-state index contributed by atoms with van der Waals surface area (Å²) in [6, 6.07) is 14.2. The van der Waals surface area contributed by atoms with Crippen LogP contribution in [0.15, 0.2) is 51.8 Å². The van der Waals surface area contributed by atoms with Crippen LogP contribution < -0.4 is 5.32 Å². The monoisotopic (exact) mass is 364 g/mol. The van der Waals surface area contributed by atoms with Crippen molar-refractivity contribution >= 4 is 31.5 Å². The maximum Gasteiger partial charge on any atom is 0.175 e. The lowest BCUT2D eigenvalue weighted by molar-refractivity contribution is 0.602. The zero-order chi connectivity index (χ0) is 15.5. The maximum atomic E-state index is 11.4. The maximum absolute atomic E-state index is 11.4. The molecule has 1 N–H and O–H groups in total. The van der Waals surface area contributed by atoms with Crippen LogP contribution in [0.1, 0.15) is 11.1 Å². The minimum absolute atomic E-state index is 0.312. The summed E-state index contributed by atoms with van der Waals surface area (Å²) in [5.74, 6) is 0. The van der Waals surface area contributed by atoms with Crippen molar-refractivity contribution in [1.82, 2.24) is 0 Å². The zero-order valence-electron chi connectivity index (χ0n) is 11.3. The Kier molecular flexibility index (Phi) is 4.66. The topological polar surface area (TPSA) is 70.0 Å². The van der Waals surface area contributed by atoms with Gasteiger partial charge in [0.1, 0.15) is 6.07 Å². The molecule has 2 rings (SSSR count). The lowest BCUT2D eigenvalue weighted by Crippen LogP contribution is -2.01. The predicted octanol–water partition coefficient (Wildman–Crippen LogP) is 3.34. The van der Waals surface area contributed by atoms with Crippen LogP contribution in [0.3, 0.4) is 0 Å². The number of benzene rings is 2. The van der Waals surface area contributed by atoms with Crippen molar-refractivity contribution in [2.75, 3.05) is 11.6 Å². The van der Waals surface area contributed by atoms with E-state index in [4.69, 9.17) is 5.26 Å². The molecule has 0 amide bonds. The molecule has 0 radical (unpaired) electrons. The fraction of sp³-hybridized carbons (Fsp3) is 0.133. The molecule has 21 heavy (non-hydrogen) atoms. The minimum atomic E-state index is -3.16. The Hall–Kier alpha value is -1.84. The van der Waals surface area contributed by atoms with E-state index >= 15 is 0 Å². The first-order valence-electron chi connectivity index (χ1n) is 6.12. The summed E-state index contributed by atoms with van der Waals surface area (Å²) in [6.45, 7) is 0.572. The largest absolute Gasteiger partial charge is 0.381 e. The second-order valence-electron chi connectivity index (χ2n) is 4.58. The van der Waals surface area contributed by atoms with E-state index in [2.05, 4.69) is 27.3 Å². The quantitative estimate of drug-likeness (QED) is 0.902. The van der Waals surface area contributed by atoms with Gasteiger partial charge in [0.2, 0.25) is 0 Å². The molecule has 0 heterocycles. The normalized spacial score (nSPS) is 10.9. The lowest BCUT2D eigenvalue weighted by Gasteiger charge is -2.08. The highest BCUT2D eigenvalue weighted by Gasteiger charge is 2.06. The van der Waals surface area contributed by atoms with E-state index < -0.39 is 9.84 Å². The highest BCUT2D eigenvalue weighted by Crippen LogP contribution is 2.21. The summed E-state index contributed by atoms with van der Waals surface area (Å²) in [6.07, 6.45) is 1.19.